The summed E-state index contributed by atoms with van der Waals surface area (Å²) < 4.78 is 0. The van der Waals surface area contributed by atoms with Crippen LogP contribution in [0.1, 0.15) is 17.2 Å². The molecule has 1 aromatic heterocycles. The lowest BCUT2D eigenvalue weighted by Gasteiger charge is -2.16. The van der Waals surface area contributed by atoms with E-state index in [9.17, 15) is 0 Å². The summed E-state index contributed by atoms with van der Waals surface area (Å²) in [6.07, 6.45) is 3.57. The highest BCUT2D eigenvalue weighted by molar-refractivity contribution is 6.18. The predicted octanol–water partition coefficient (Wildman–Crippen LogP) is 3.18. The number of aryl methyl sites for hydroxylation is 1. The van der Waals surface area contributed by atoms with E-state index in [0.29, 0.717) is 11.8 Å². The van der Waals surface area contributed by atoms with Crippen molar-refractivity contribution in [3.05, 3.63) is 53.9 Å². The Kier molecular flexibility index (Phi) is 3.94. The fraction of sp³-hybridized carbons (Fsp3) is 0.231. The highest BCUT2D eigenvalue weighted by Crippen LogP contribution is 2.18. The molecule has 0 spiro atoms. The molecule has 2 rings (SSSR count). The van der Waals surface area contributed by atoms with Crippen LogP contribution in [0.3, 0.4) is 0 Å². The Morgan fingerprint density at radius 3 is 2.41 bits per heavy atom. The summed E-state index contributed by atoms with van der Waals surface area (Å²) in [7, 11) is 0. The molecule has 0 bridgehead atoms. The SMILES string of the molecule is Cc1cnc(NC(CCl)c2ccccc2)nc1. The van der Waals surface area contributed by atoms with Crippen molar-refractivity contribution >= 4 is 17.5 Å². The van der Waals surface area contributed by atoms with Crippen LogP contribution >= 0.6 is 11.6 Å². The molecule has 1 atom stereocenters. The van der Waals surface area contributed by atoms with Crippen molar-refractivity contribution < 1.29 is 0 Å². The summed E-state index contributed by atoms with van der Waals surface area (Å²) in [5, 5.41) is 3.22. The molecular weight excluding hydrogens is 234 g/mol. The Morgan fingerprint density at radius 2 is 1.82 bits per heavy atom. The quantitative estimate of drug-likeness (QED) is 0.844. The lowest BCUT2D eigenvalue weighted by Crippen LogP contribution is -2.14. The summed E-state index contributed by atoms with van der Waals surface area (Å²) in [4.78, 5) is 8.42. The number of nitrogens with zero attached hydrogens (tertiary/aromatic N) is 2. The molecule has 1 unspecified atom stereocenters. The van der Waals surface area contributed by atoms with E-state index < -0.39 is 0 Å². The topological polar surface area (TPSA) is 37.8 Å². The van der Waals surface area contributed by atoms with Gasteiger partial charge in [-0.25, -0.2) is 9.97 Å². The lowest BCUT2D eigenvalue weighted by atomic mass is 10.1. The van der Waals surface area contributed by atoms with E-state index in [1.807, 2.05) is 37.3 Å². The number of halogens is 1. The highest BCUT2D eigenvalue weighted by atomic mass is 35.5. The zero-order chi connectivity index (χ0) is 12.1. The minimum absolute atomic E-state index is 0.0283. The Balaban J connectivity index is 2.13. The summed E-state index contributed by atoms with van der Waals surface area (Å²) in [6, 6.07) is 10.1. The van der Waals surface area contributed by atoms with Crippen LogP contribution in [-0.4, -0.2) is 15.8 Å². The molecule has 0 amide bonds. The van der Waals surface area contributed by atoms with Crippen LogP contribution in [-0.2, 0) is 0 Å². The van der Waals surface area contributed by atoms with Gasteiger partial charge in [0.25, 0.3) is 0 Å². The fourth-order valence-corrected chi connectivity index (χ4v) is 1.77. The van der Waals surface area contributed by atoms with Gasteiger partial charge in [-0.2, -0.15) is 0 Å². The first kappa shape index (κ1) is 11.9. The van der Waals surface area contributed by atoms with Crippen LogP contribution in [0.25, 0.3) is 0 Å². The standard InChI is InChI=1S/C13H14ClN3/c1-10-8-15-13(16-9-10)17-12(7-14)11-5-3-2-4-6-11/h2-6,8-9,12H,7H2,1H3,(H,15,16,17). The number of hydrogen-bond donors (Lipinski definition) is 1. The third kappa shape index (κ3) is 3.17. The van der Waals surface area contributed by atoms with Crippen LogP contribution in [0.15, 0.2) is 42.7 Å². The molecule has 0 saturated carbocycles. The second-order valence-corrected chi connectivity index (χ2v) is 4.15. The summed E-state index contributed by atoms with van der Waals surface area (Å²) in [6.45, 7) is 1.96. The largest absolute Gasteiger partial charge is 0.346 e. The number of aromatic nitrogens is 2. The van der Waals surface area contributed by atoms with Crippen molar-refractivity contribution in [1.82, 2.24) is 9.97 Å². The van der Waals surface area contributed by atoms with Gasteiger partial charge in [0.1, 0.15) is 0 Å². The van der Waals surface area contributed by atoms with Gasteiger partial charge < -0.3 is 5.32 Å². The number of alkyl halides is 1. The average Bonchev–Trinajstić information content (AvgIpc) is 2.39. The van der Waals surface area contributed by atoms with E-state index in [1.165, 1.54) is 0 Å². The molecule has 0 aliphatic rings. The number of rotatable bonds is 4. The minimum Gasteiger partial charge on any atom is -0.346 e. The van der Waals surface area contributed by atoms with Gasteiger partial charge in [0, 0.05) is 18.3 Å². The van der Waals surface area contributed by atoms with E-state index in [0.717, 1.165) is 11.1 Å². The second kappa shape index (κ2) is 5.64. The smallest absolute Gasteiger partial charge is 0.223 e. The summed E-state index contributed by atoms with van der Waals surface area (Å²) >= 11 is 5.97. The van der Waals surface area contributed by atoms with E-state index in [2.05, 4.69) is 15.3 Å². The van der Waals surface area contributed by atoms with Crippen molar-refractivity contribution in [3.8, 4) is 0 Å². The number of hydrogen-bond acceptors (Lipinski definition) is 3. The first-order chi connectivity index (χ1) is 8.29. The Labute approximate surface area is 106 Å². The number of benzene rings is 1. The molecule has 4 heteroatoms. The normalized spacial score (nSPS) is 12.1. The van der Waals surface area contributed by atoms with Crippen LogP contribution < -0.4 is 5.32 Å². The van der Waals surface area contributed by atoms with E-state index >= 15 is 0 Å². The van der Waals surface area contributed by atoms with Crippen molar-refractivity contribution in [1.29, 1.82) is 0 Å². The van der Waals surface area contributed by atoms with E-state index in [4.69, 9.17) is 11.6 Å². The van der Waals surface area contributed by atoms with Crippen molar-refractivity contribution in [3.63, 3.8) is 0 Å². The molecule has 1 heterocycles. The Hall–Kier alpha value is -1.61. The molecular formula is C13H14ClN3. The van der Waals surface area contributed by atoms with E-state index in [-0.39, 0.29) is 6.04 Å². The fourth-order valence-electron chi connectivity index (χ4n) is 1.52. The third-order valence-corrected chi connectivity index (χ3v) is 2.75. The molecule has 17 heavy (non-hydrogen) atoms. The number of nitrogens with one attached hydrogen (secondary N) is 1. The van der Waals surface area contributed by atoms with Crippen LogP contribution in [0.2, 0.25) is 0 Å². The average molecular weight is 248 g/mol. The van der Waals surface area contributed by atoms with Gasteiger partial charge in [0.2, 0.25) is 5.95 Å². The van der Waals surface area contributed by atoms with Gasteiger partial charge in [-0.1, -0.05) is 30.3 Å². The van der Waals surface area contributed by atoms with Crippen LogP contribution in [0.5, 0.6) is 0 Å². The molecule has 0 aliphatic carbocycles. The molecule has 3 nitrogen and oxygen atoms in total. The first-order valence-electron chi connectivity index (χ1n) is 5.45. The second-order valence-electron chi connectivity index (χ2n) is 3.85. The molecule has 1 aromatic carbocycles. The lowest BCUT2D eigenvalue weighted by molar-refractivity contribution is 0.866. The Morgan fingerprint density at radius 1 is 1.18 bits per heavy atom. The molecule has 0 aliphatic heterocycles. The van der Waals surface area contributed by atoms with Gasteiger partial charge in [-0.05, 0) is 18.1 Å². The van der Waals surface area contributed by atoms with Crippen LogP contribution in [0, 0.1) is 6.92 Å². The molecule has 1 N–H and O–H groups in total. The maximum absolute atomic E-state index is 5.97. The molecule has 0 radical (unpaired) electrons. The zero-order valence-corrected chi connectivity index (χ0v) is 10.4. The summed E-state index contributed by atoms with van der Waals surface area (Å²) in [5.41, 5.74) is 2.17. The molecule has 0 fully saturated rings. The molecule has 2 aromatic rings. The number of anilines is 1. The first-order valence-corrected chi connectivity index (χ1v) is 5.99. The highest BCUT2D eigenvalue weighted by Gasteiger charge is 2.10. The predicted molar refractivity (Wildman–Crippen MR) is 70.3 cm³/mol. The van der Waals surface area contributed by atoms with Crippen molar-refractivity contribution in [2.75, 3.05) is 11.2 Å². The van der Waals surface area contributed by atoms with Gasteiger partial charge in [-0.3, -0.25) is 0 Å². The summed E-state index contributed by atoms with van der Waals surface area (Å²) in [5.74, 6) is 1.08. The van der Waals surface area contributed by atoms with Gasteiger partial charge in [-0.15, -0.1) is 11.6 Å². The van der Waals surface area contributed by atoms with E-state index in [1.54, 1.807) is 12.4 Å². The maximum atomic E-state index is 5.97. The Bertz CT molecular complexity index is 456. The monoisotopic (exact) mass is 247 g/mol. The maximum Gasteiger partial charge on any atom is 0.223 e. The van der Waals surface area contributed by atoms with Crippen molar-refractivity contribution in [2.24, 2.45) is 0 Å². The molecule has 0 saturated heterocycles. The zero-order valence-electron chi connectivity index (χ0n) is 9.60. The van der Waals surface area contributed by atoms with Crippen molar-refractivity contribution in [2.45, 2.75) is 13.0 Å². The third-order valence-electron chi connectivity index (χ3n) is 2.44. The molecule has 88 valence electrons. The van der Waals surface area contributed by atoms with Crippen LogP contribution in [0.4, 0.5) is 5.95 Å². The van der Waals surface area contributed by atoms with Gasteiger partial charge >= 0.3 is 0 Å². The van der Waals surface area contributed by atoms with Gasteiger partial charge in [0.05, 0.1) is 6.04 Å². The minimum atomic E-state index is 0.0283. The van der Waals surface area contributed by atoms with Gasteiger partial charge in [0.15, 0.2) is 0 Å².